The van der Waals surface area contributed by atoms with Crippen molar-refractivity contribution in [1.82, 2.24) is 4.98 Å². The fourth-order valence-electron chi connectivity index (χ4n) is 0.486. The molecule has 1 N–H and O–H groups in total. The third-order valence-corrected chi connectivity index (χ3v) is 1.91. The van der Waals surface area contributed by atoms with Crippen LogP contribution in [0.1, 0.15) is 22.5 Å². The zero-order valence-electron chi connectivity index (χ0n) is 7.12. The van der Waals surface area contributed by atoms with E-state index in [0.29, 0.717) is 11.3 Å². The Bertz CT molecular complexity index is 283. The first-order chi connectivity index (χ1) is 5.11. The number of thiazole rings is 1. The summed E-state index contributed by atoms with van der Waals surface area (Å²) >= 11 is 0.488. The molecule has 0 aromatic carbocycles. The Labute approximate surface area is 115 Å². The molecule has 0 fully saturated rings. The maximum absolute atomic E-state index is 11.8. The molecule has 1 rings (SSSR count). The van der Waals surface area contributed by atoms with Gasteiger partial charge in [-0.2, -0.15) is 0 Å². The van der Waals surface area contributed by atoms with Crippen molar-refractivity contribution < 1.29 is 71.5 Å². The topological polar surface area (TPSA) is 50.2 Å². The van der Waals surface area contributed by atoms with Crippen LogP contribution in [0.3, 0.4) is 0 Å². The van der Waals surface area contributed by atoms with E-state index in [1.807, 2.05) is 0 Å². The Hall–Kier alpha value is 0.596. The van der Waals surface area contributed by atoms with E-state index in [9.17, 15) is 13.6 Å². The minimum absolute atomic E-state index is 0. The zero-order valence-corrected chi connectivity index (χ0v) is 10.1. The summed E-state index contributed by atoms with van der Waals surface area (Å²) in [6, 6.07) is 0. The number of carboxylic acids is 1. The van der Waals surface area contributed by atoms with Crippen molar-refractivity contribution in [3.63, 3.8) is 0 Å². The fourth-order valence-corrected chi connectivity index (χ4v) is 1.10. The molecule has 0 bridgehead atoms. The molecule has 0 aliphatic rings. The number of carboxylic acid groups (broad SMARTS) is 1. The summed E-state index contributed by atoms with van der Waals surface area (Å²) in [4.78, 5) is 13.1. The average Bonchev–Trinajstić information content (AvgIpc) is 2.33. The third-order valence-electron chi connectivity index (χ3n) is 0.922. The zero-order chi connectivity index (χ0) is 8.43. The molecule has 0 aliphatic carbocycles. The molecule has 1 heterocycles. The molecule has 3 nitrogen and oxygen atoms in total. The molecular formula is C5H4F2KNO2S. The normalized spacial score (nSPS) is 9.58. The summed E-state index contributed by atoms with van der Waals surface area (Å²) in [6.07, 6.45) is -1.76. The number of carbonyl (C=O) groups is 1. The first-order valence-electron chi connectivity index (χ1n) is 2.58. The molecule has 0 atom stereocenters. The van der Waals surface area contributed by atoms with Gasteiger partial charge >= 0.3 is 57.4 Å². The first-order valence-corrected chi connectivity index (χ1v) is 3.40. The largest absolute Gasteiger partial charge is 1.00 e. The Kier molecular flexibility index (Phi) is 5.62. The van der Waals surface area contributed by atoms with Crippen LogP contribution in [0.2, 0.25) is 0 Å². The van der Waals surface area contributed by atoms with Gasteiger partial charge in [0.05, 0.1) is 4.88 Å². The second-order valence-electron chi connectivity index (χ2n) is 1.67. The predicted molar refractivity (Wildman–Crippen MR) is 35.1 cm³/mol. The summed E-state index contributed by atoms with van der Waals surface area (Å²) in [7, 11) is 0. The van der Waals surface area contributed by atoms with Crippen molar-refractivity contribution in [3.8, 4) is 0 Å². The van der Waals surface area contributed by atoms with Gasteiger partial charge in [0.25, 0.3) is 6.43 Å². The van der Waals surface area contributed by atoms with Gasteiger partial charge in [-0.25, -0.2) is 18.6 Å². The van der Waals surface area contributed by atoms with Crippen LogP contribution in [0.25, 0.3) is 0 Å². The van der Waals surface area contributed by atoms with E-state index in [1.165, 1.54) is 0 Å². The van der Waals surface area contributed by atoms with Gasteiger partial charge in [-0.1, -0.05) is 0 Å². The van der Waals surface area contributed by atoms with Gasteiger partial charge < -0.3 is 6.53 Å². The van der Waals surface area contributed by atoms with E-state index in [-0.39, 0.29) is 62.7 Å². The number of hydrogen-bond donors (Lipinski definition) is 1. The SMILES string of the molecule is O=C(O)c1ncc(C(F)F)s1.[H-].[K+]. The van der Waals surface area contributed by atoms with Crippen LogP contribution in [-0.2, 0) is 0 Å². The van der Waals surface area contributed by atoms with Crippen molar-refractivity contribution in [3.05, 3.63) is 16.1 Å². The second kappa shape index (κ2) is 5.35. The van der Waals surface area contributed by atoms with Crippen LogP contribution in [-0.4, -0.2) is 16.1 Å². The van der Waals surface area contributed by atoms with Gasteiger partial charge in [-0.15, -0.1) is 11.3 Å². The Morgan fingerprint density at radius 3 is 2.58 bits per heavy atom. The average molecular weight is 219 g/mol. The van der Waals surface area contributed by atoms with Gasteiger partial charge in [0.15, 0.2) is 0 Å². The van der Waals surface area contributed by atoms with Gasteiger partial charge in [-0.3, -0.25) is 0 Å². The maximum Gasteiger partial charge on any atom is 1.00 e. The monoisotopic (exact) mass is 219 g/mol. The van der Waals surface area contributed by atoms with E-state index in [4.69, 9.17) is 5.11 Å². The van der Waals surface area contributed by atoms with Crippen LogP contribution in [0, 0.1) is 0 Å². The fraction of sp³-hybridized carbons (Fsp3) is 0.200. The van der Waals surface area contributed by atoms with E-state index >= 15 is 0 Å². The van der Waals surface area contributed by atoms with Gasteiger partial charge in [0.1, 0.15) is 0 Å². The van der Waals surface area contributed by atoms with Crippen molar-refractivity contribution in [2.24, 2.45) is 0 Å². The predicted octanol–water partition coefficient (Wildman–Crippen LogP) is -1.10. The molecule has 0 amide bonds. The Balaban J connectivity index is 0. The number of hydrogen-bond acceptors (Lipinski definition) is 3. The molecule has 12 heavy (non-hydrogen) atoms. The summed E-state index contributed by atoms with van der Waals surface area (Å²) in [6.45, 7) is 0. The molecule has 0 radical (unpaired) electrons. The minimum Gasteiger partial charge on any atom is -1.00 e. The Morgan fingerprint density at radius 1 is 1.75 bits per heavy atom. The molecule has 1 aromatic rings. The van der Waals surface area contributed by atoms with Crippen LogP contribution < -0.4 is 51.4 Å². The first kappa shape index (κ1) is 12.6. The van der Waals surface area contributed by atoms with Gasteiger partial charge in [0, 0.05) is 6.20 Å². The summed E-state index contributed by atoms with van der Waals surface area (Å²) < 4.78 is 23.6. The van der Waals surface area contributed by atoms with E-state index in [2.05, 4.69) is 4.98 Å². The molecule has 0 saturated carbocycles. The van der Waals surface area contributed by atoms with Crippen LogP contribution >= 0.6 is 11.3 Å². The number of aromatic nitrogens is 1. The van der Waals surface area contributed by atoms with E-state index in [0.717, 1.165) is 6.20 Å². The van der Waals surface area contributed by atoms with E-state index < -0.39 is 12.4 Å². The number of halogens is 2. The van der Waals surface area contributed by atoms with Gasteiger partial charge in [-0.05, 0) is 0 Å². The molecule has 7 heteroatoms. The number of nitrogens with zero attached hydrogens (tertiary/aromatic N) is 1. The summed E-state index contributed by atoms with van der Waals surface area (Å²) in [5, 5.41) is 7.98. The molecule has 62 valence electrons. The molecule has 0 spiro atoms. The standard InChI is InChI=1S/C5H3F2NO2S.K.H/c6-3(7)2-1-8-4(11-2)5(9)10;;/h1,3H,(H,9,10);;/q;+1;-1. The van der Waals surface area contributed by atoms with Crippen LogP contribution in [0.4, 0.5) is 8.78 Å². The summed E-state index contributed by atoms with van der Waals surface area (Å²) in [5.74, 6) is -1.28. The summed E-state index contributed by atoms with van der Waals surface area (Å²) in [5.41, 5.74) is 0. The number of aromatic carboxylic acids is 1. The van der Waals surface area contributed by atoms with Crippen LogP contribution in [0.5, 0.6) is 0 Å². The Morgan fingerprint density at radius 2 is 2.33 bits per heavy atom. The van der Waals surface area contributed by atoms with E-state index in [1.54, 1.807) is 0 Å². The molecule has 1 aromatic heterocycles. The smallest absolute Gasteiger partial charge is 1.00 e. The van der Waals surface area contributed by atoms with Crippen molar-refractivity contribution in [2.75, 3.05) is 0 Å². The third kappa shape index (κ3) is 3.15. The number of rotatable bonds is 2. The molecule has 0 unspecified atom stereocenters. The minimum atomic E-state index is -2.64. The quantitative estimate of drug-likeness (QED) is 0.642. The molecular weight excluding hydrogens is 215 g/mol. The number of alkyl halides is 2. The maximum atomic E-state index is 11.8. The van der Waals surface area contributed by atoms with Crippen molar-refractivity contribution in [2.45, 2.75) is 6.43 Å². The molecule has 0 aliphatic heterocycles. The van der Waals surface area contributed by atoms with Crippen LogP contribution in [0.15, 0.2) is 6.20 Å². The second-order valence-corrected chi connectivity index (χ2v) is 2.74. The van der Waals surface area contributed by atoms with Crippen molar-refractivity contribution >= 4 is 17.3 Å². The van der Waals surface area contributed by atoms with Gasteiger partial charge in [0.2, 0.25) is 5.01 Å². The molecule has 0 saturated heterocycles. The van der Waals surface area contributed by atoms with Crippen molar-refractivity contribution in [1.29, 1.82) is 0 Å².